The van der Waals surface area contributed by atoms with Gasteiger partial charge in [0.25, 0.3) is 5.91 Å². The van der Waals surface area contributed by atoms with Crippen LogP contribution in [0.25, 0.3) is 0 Å². The standard InChI is InChI=1S/C17H23N3OS/c1-12(2)8-16-19-15(11-22-16)17(21)18-10-13-6-5-7-14(9-13)20(3)4/h5-7,9,11-12H,8,10H2,1-4H3,(H,18,21). The van der Waals surface area contributed by atoms with Gasteiger partial charge in [-0.25, -0.2) is 4.98 Å². The first-order valence-corrected chi connectivity index (χ1v) is 8.32. The third kappa shape index (κ3) is 4.56. The van der Waals surface area contributed by atoms with Crippen LogP contribution in [0.3, 0.4) is 0 Å². The molecule has 1 aromatic heterocycles. The number of aromatic nitrogens is 1. The van der Waals surface area contributed by atoms with Crippen LogP contribution >= 0.6 is 11.3 Å². The molecule has 1 heterocycles. The number of carbonyl (C=O) groups excluding carboxylic acids is 1. The average Bonchev–Trinajstić information content (AvgIpc) is 2.92. The molecule has 118 valence electrons. The lowest BCUT2D eigenvalue weighted by atomic mass is 10.1. The Morgan fingerprint density at radius 1 is 1.36 bits per heavy atom. The van der Waals surface area contributed by atoms with Crippen molar-refractivity contribution in [1.29, 1.82) is 0 Å². The zero-order valence-electron chi connectivity index (χ0n) is 13.6. The van der Waals surface area contributed by atoms with Crippen LogP contribution in [0, 0.1) is 5.92 Å². The molecule has 0 unspecified atom stereocenters. The second-order valence-corrected chi connectivity index (χ2v) is 6.91. The van der Waals surface area contributed by atoms with E-state index in [4.69, 9.17) is 0 Å². The Hall–Kier alpha value is -1.88. The molecule has 0 spiro atoms. The quantitative estimate of drug-likeness (QED) is 0.889. The van der Waals surface area contributed by atoms with Crippen LogP contribution in [0.4, 0.5) is 5.69 Å². The second kappa shape index (κ2) is 7.40. The predicted molar refractivity (Wildman–Crippen MR) is 92.6 cm³/mol. The molecule has 22 heavy (non-hydrogen) atoms. The Bertz CT molecular complexity index is 634. The third-order valence-corrected chi connectivity index (χ3v) is 4.12. The van der Waals surface area contributed by atoms with E-state index in [1.165, 1.54) is 0 Å². The van der Waals surface area contributed by atoms with Crippen molar-refractivity contribution in [2.75, 3.05) is 19.0 Å². The van der Waals surface area contributed by atoms with Gasteiger partial charge in [0.15, 0.2) is 0 Å². The summed E-state index contributed by atoms with van der Waals surface area (Å²) in [5, 5.41) is 5.79. The molecule has 0 saturated carbocycles. The van der Waals surface area contributed by atoms with Crippen molar-refractivity contribution in [2.45, 2.75) is 26.8 Å². The first kappa shape index (κ1) is 16.5. The van der Waals surface area contributed by atoms with E-state index in [1.54, 1.807) is 11.3 Å². The topological polar surface area (TPSA) is 45.2 Å². The van der Waals surface area contributed by atoms with Gasteiger partial charge < -0.3 is 10.2 Å². The van der Waals surface area contributed by atoms with Crippen molar-refractivity contribution in [3.63, 3.8) is 0 Å². The van der Waals surface area contributed by atoms with Gasteiger partial charge in [0.2, 0.25) is 0 Å². The Morgan fingerprint density at radius 3 is 2.82 bits per heavy atom. The average molecular weight is 317 g/mol. The van der Waals surface area contributed by atoms with Crippen LogP contribution in [0.2, 0.25) is 0 Å². The van der Waals surface area contributed by atoms with E-state index in [-0.39, 0.29) is 5.91 Å². The first-order chi connectivity index (χ1) is 10.5. The molecule has 0 radical (unpaired) electrons. The zero-order chi connectivity index (χ0) is 16.1. The van der Waals surface area contributed by atoms with E-state index >= 15 is 0 Å². The maximum atomic E-state index is 12.2. The highest BCUT2D eigenvalue weighted by molar-refractivity contribution is 7.09. The van der Waals surface area contributed by atoms with Gasteiger partial charge in [-0.15, -0.1) is 11.3 Å². The number of hydrogen-bond donors (Lipinski definition) is 1. The summed E-state index contributed by atoms with van der Waals surface area (Å²) in [6, 6.07) is 8.13. The molecule has 0 atom stereocenters. The van der Waals surface area contributed by atoms with Gasteiger partial charge in [0, 0.05) is 38.1 Å². The smallest absolute Gasteiger partial charge is 0.271 e. The Kier molecular flexibility index (Phi) is 5.55. The molecule has 1 amide bonds. The molecule has 0 aliphatic carbocycles. The SMILES string of the molecule is CC(C)Cc1nc(C(=O)NCc2cccc(N(C)C)c2)cs1. The fraction of sp³-hybridized carbons (Fsp3) is 0.412. The summed E-state index contributed by atoms with van der Waals surface area (Å²) >= 11 is 1.56. The van der Waals surface area contributed by atoms with Crippen molar-refractivity contribution in [2.24, 2.45) is 5.92 Å². The maximum absolute atomic E-state index is 12.2. The van der Waals surface area contributed by atoms with Crippen molar-refractivity contribution < 1.29 is 4.79 Å². The predicted octanol–water partition coefficient (Wildman–Crippen LogP) is 3.34. The number of amides is 1. The monoisotopic (exact) mass is 317 g/mol. The fourth-order valence-electron chi connectivity index (χ4n) is 2.08. The number of nitrogens with zero attached hydrogens (tertiary/aromatic N) is 2. The first-order valence-electron chi connectivity index (χ1n) is 7.44. The highest BCUT2D eigenvalue weighted by Crippen LogP contribution is 2.15. The molecule has 2 aromatic rings. The van der Waals surface area contributed by atoms with Crippen molar-refractivity contribution in [1.82, 2.24) is 10.3 Å². The minimum absolute atomic E-state index is 0.110. The molecular formula is C17H23N3OS. The Balaban J connectivity index is 1.95. The lowest BCUT2D eigenvalue weighted by molar-refractivity contribution is 0.0946. The van der Waals surface area contributed by atoms with Gasteiger partial charge in [-0.05, 0) is 23.6 Å². The minimum Gasteiger partial charge on any atom is -0.378 e. The van der Waals surface area contributed by atoms with Gasteiger partial charge in [-0.1, -0.05) is 26.0 Å². The highest BCUT2D eigenvalue weighted by Gasteiger charge is 2.11. The Morgan fingerprint density at radius 2 is 2.14 bits per heavy atom. The molecule has 0 aliphatic heterocycles. The molecule has 0 bridgehead atoms. The molecule has 0 fully saturated rings. The number of rotatable bonds is 6. The molecule has 1 aromatic carbocycles. The molecule has 5 heteroatoms. The molecule has 0 aliphatic rings. The number of anilines is 1. The summed E-state index contributed by atoms with van der Waals surface area (Å²) < 4.78 is 0. The summed E-state index contributed by atoms with van der Waals surface area (Å²) in [7, 11) is 4.01. The van der Waals surface area contributed by atoms with Gasteiger partial charge in [0.1, 0.15) is 5.69 Å². The van der Waals surface area contributed by atoms with Gasteiger partial charge >= 0.3 is 0 Å². The summed E-state index contributed by atoms with van der Waals surface area (Å²) in [5.41, 5.74) is 2.72. The van der Waals surface area contributed by atoms with Crippen LogP contribution < -0.4 is 10.2 Å². The lowest BCUT2D eigenvalue weighted by Gasteiger charge is -2.13. The normalized spacial score (nSPS) is 10.8. The largest absolute Gasteiger partial charge is 0.378 e. The second-order valence-electron chi connectivity index (χ2n) is 5.97. The van der Waals surface area contributed by atoms with E-state index in [0.29, 0.717) is 18.2 Å². The Labute approximate surface area is 136 Å². The molecule has 0 saturated heterocycles. The third-order valence-electron chi connectivity index (χ3n) is 3.25. The highest BCUT2D eigenvalue weighted by atomic mass is 32.1. The fourth-order valence-corrected chi connectivity index (χ4v) is 3.06. The number of hydrogen-bond acceptors (Lipinski definition) is 4. The van der Waals surface area contributed by atoms with E-state index < -0.39 is 0 Å². The number of thiazole rings is 1. The van der Waals surface area contributed by atoms with E-state index in [2.05, 4.69) is 30.2 Å². The van der Waals surface area contributed by atoms with Gasteiger partial charge in [-0.3, -0.25) is 4.79 Å². The van der Waals surface area contributed by atoms with E-state index in [9.17, 15) is 4.79 Å². The lowest BCUT2D eigenvalue weighted by Crippen LogP contribution is -2.23. The van der Waals surface area contributed by atoms with E-state index in [1.807, 2.05) is 42.6 Å². The zero-order valence-corrected chi connectivity index (χ0v) is 14.4. The summed E-state index contributed by atoms with van der Waals surface area (Å²) in [5.74, 6) is 0.442. The summed E-state index contributed by atoms with van der Waals surface area (Å²) in [4.78, 5) is 18.6. The van der Waals surface area contributed by atoms with Crippen molar-refractivity contribution >= 4 is 22.9 Å². The van der Waals surface area contributed by atoms with Crippen LogP contribution in [-0.4, -0.2) is 25.0 Å². The number of carbonyl (C=O) groups is 1. The maximum Gasteiger partial charge on any atom is 0.271 e. The molecule has 4 nitrogen and oxygen atoms in total. The minimum atomic E-state index is -0.110. The van der Waals surface area contributed by atoms with Crippen LogP contribution in [0.1, 0.15) is 34.9 Å². The van der Waals surface area contributed by atoms with Crippen molar-refractivity contribution in [3.05, 3.63) is 45.9 Å². The van der Waals surface area contributed by atoms with Crippen LogP contribution in [0.5, 0.6) is 0 Å². The number of nitrogens with one attached hydrogen (secondary N) is 1. The van der Waals surface area contributed by atoms with E-state index in [0.717, 1.165) is 22.7 Å². The van der Waals surface area contributed by atoms with Crippen LogP contribution in [0.15, 0.2) is 29.6 Å². The molecule has 1 N–H and O–H groups in total. The number of benzene rings is 1. The van der Waals surface area contributed by atoms with Gasteiger partial charge in [-0.2, -0.15) is 0 Å². The molecular weight excluding hydrogens is 294 g/mol. The van der Waals surface area contributed by atoms with Crippen LogP contribution in [-0.2, 0) is 13.0 Å². The van der Waals surface area contributed by atoms with Gasteiger partial charge in [0.05, 0.1) is 5.01 Å². The molecule has 2 rings (SSSR count). The summed E-state index contributed by atoms with van der Waals surface area (Å²) in [6.07, 6.45) is 0.919. The van der Waals surface area contributed by atoms with Crippen molar-refractivity contribution in [3.8, 4) is 0 Å². The summed E-state index contributed by atoms with van der Waals surface area (Å²) in [6.45, 7) is 4.81.